The van der Waals surface area contributed by atoms with Gasteiger partial charge in [-0.25, -0.2) is 9.18 Å². The van der Waals surface area contributed by atoms with Gasteiger partial charge >= 0.3 is 6.03 Å². The van der Waals surface area contributed by atoms with Crippen LogP contribution in [0.1, 0.15) is 6.42 Å². The maximum atomic E-state index is 13.0. The summed E-state index contributed by atoms with van der Waals surface area (Å²) < 4.78 is 18.1. The summed E-state index contributed by atoms with van der Waals surface area (Å²) in [6.07, 6.45) is 0.344. The lowest BCUT2D eigenvalue weighted by Crippen LogP contribution is -2.34. The lowest BCUT2D eigenvalue weighted by molar-refractivity contribution is -0.117. The third kappa shape index (κ3) is 4.30. The van der Waals surface area contributed by atoms with Crippen LogP contribution in [0.2, 0.25) is 0 Å². The van der Waals surface area contributed by atoms with Gasteiger partial charge < -0.3 is 20.3 Å². The first-order valence-electron chi connectivity index (χ1n) is 8.30. The number of halogens is 1. The Hall–Kier alpha value is -3.09. The Bertz CT molecular complexity index is 795. The second kappa shape index (κ2) is 7.86. The number of rotatable bonds is 5. The standard InChI is InChI=1S/C19H20FN3O3/c1-26-17-4-2-3-15(10-17)22-19(25)21-11-13-9-18(24)23(12-13)16-7-5-14(20)6-8-16/h2-8,10,13H,9,11-12H2,1H3,(H2,21,22,25). The molecule has 2 aromatic carbocycles. The zero-order valence-corrected chi connectivity index (χ0v) is 14.4. The summed E-state index contributed by atoms with van der Waals surface area (Å²) in [5, 5.41) is 5.51. The Balaban J connectivity index is 1.51. The SMILES string of the molecule is COc1cccc(NC(=O)NCC2CC(=O)N(c3ccc(F)cc3)C2)c1. The number of amides is 3. The van der Waals surface area contributed by atoms with Crippen molar-refractivity contribution in [3.63, 3.8) is 0 Å². The van der Waals surface area contributed by atoms with Crippen molar-refractivity contribution in [3.8, 4) is 5.75 Å². The van der Waals surface area contributed by atoms with Gasteiger partial charge in [0, 0.05) is 42.9 Å². The highest BCUT2D eigenvalue weighted by molar-refractivity contribution is 5.96. The third-order valence-electron chi connectivity index (χ3n) is 4.22. The minimum atomic E-state index is -0.342. The maximum Gasteiger partial charge on any atom is 0.319 e. The largest absolute Gasteiger partial charge is 0.497 e. The van der Waals surface area contributed by atoms with E-state index in [1.54, 1.807) is 48.4 Å². The minimum absolute atomic E-state index is 0.00334. The number of urea groups is 1. The number of methoxy groups -OCH3 is 1. The van der Waals surface area contributed by atoms with Gasteiger partial charge in [-0.1, -0.05) is 6.07 Å². The Morgan fingerprint density at radius 2 is 2.04 bits per heavy atom. The van der Waals surface area contributed by atoms with Crippen LogP contribution in [-0.4, -0.2) is 32.1 Å². The van der Waals surface area contributed by atoms with E-state index in [4.69, 9.17) is 4.74 Å². The van der Waals surface area contributed by atoms with E-state index in [0.29, 0.717) is 36.6 Å². The van der Waals surface area contributed by atoms with Crippen LogP contribution in [0.5, 0.6) is 5.75 Å². The second-order valence-electron chi connectivity index (χ2n) is 6.12. The Labute approximate surface area is 150 Å². The van der Waals surface area contributed by atoms with E-state index < -0.39 is 0 Å². The van der Waals surface area contributed by atoms with E-state index in [-0.39, 0.29) is 23.7 Å². The van der Waals surface area contributed by atoms with E-state index in [0.717, 1.165) is 0 Å². The van der Waals surface area contributed by atoms with Crippen molar-refractivity contribution in [1.29, 1.82) is 0 Å². The molecule has 1 heterocycles. The number of anilines is 2. The molecule has 6 nitrogen and oxygen atoms in total. The molecule has 26 heavy (non-hydrogen) atoms. The minimum Gasteiger partial charge on any atom is -0.497 e. The van der Waals surface area contributed by atoms with Gasteiger partial charge in [-0.15, -0.1) is 0 Å². The summed E-state index contributed by atoms with van der Waals surface area (Å²) in [4.78, 5) is 25.8. The number of ether oxygens (including phenoxy) is 1. The summed E-state index contributed by atoms with van der Waals surface area (Å²) in [7, 11) is 1.56. The first kappa shape index (κ1) is 17.7. The van der Waals surface area contributed by atoms with Gasteiger partial charge in [0.2, 0.25) is 5.91 Å². The molecular formula is C19H20FN3O3. The quantitative estimate of drug-likeness (QED) is 0.864. The molecule has 0 saturated carbocycles. The predicted molar refractivity (Wildman–Crippen MR) is 96.9 cm³/mol. The van der Waals surface area contributed by atoms with Crippen molar-refractivity contribution in [2.45, 2.75) is 6.42 Å². The van der Waals surface area contributed by atoms with E-state index in [9.17, 15) is 14.0 Å². The van der Waals surface area contributed by atoms with E-state index in [2.05, 4.69) is 10.6 Å². The van der Waals surface area contributed by atoms with Crippen molar-refractivity contribution in [2.24, 2.45) is 5.92 Å². The van der Waals surface area contributed by atoms with E-state index >= 15 is 0 Å². The molecule has 136 valence electrons. The fourth-order valence-corrected chi connectivity index (χ4v) is 2.90. The van der Waals surface area contributed by atoms with Crippen LogP contribution in [0, 0.1) is 11.7 Å². The summed E-state index contributed by atoms with van der Waals surface area (Å²) in [5.74, 6) is 0.284. The molecule has 2 N–H and O–H groups in total. The first-order valence-corrected chi connectivity index (χ1v) is 8.30. The highest BCUT2D eigenvalue weighted by Crippen LogP contribution is 2.25. The van der Waals surface area contributed by atoms with E-state index in [1.807, 2.05) is 0 Å². The van der Waals surface area contributed by atoms with Gasteiger partial charge in [0.05, 0.1) is 7.11 Å². The fourth-order valence-electron chi connectivity index (χ4n) is 2.90. The number of hydrogen-bond donors (Lipinski definition) is 2. The van der Waals surface area contributed by atoms with Crippen molar-refractivity contribution >= 4 is 23.3 Å². The van der Waals surface area contributed by atoms with Crippen LogP contribution in [0.15, 0.2) is 48.5 Å². The van der Waals surface area contributed by atoms with Crippen molar-refractivity contribution < 1.29 is 18.7 Å². The van der Waals surface area contributed by atoms with Gasteiger partial charge in [-0.3, -0.25) is 4.79 Å². The molecule has 0 spiro atoms. The monoisotopic (exact) mass is 357 g/mol. The molecule has 0 bridgehead atoms. The van der Waals surface area contributed by atoms with Gasteiger partial charge in [0.15, 0.2) is 0 Å². The lowest BCUT2D eigenvalue weighted by atomic mass is 10.1. The summed E-state index contributed by atoms with van der Waals surface area (Å²) >= 11 is 0. The number of nitrogens with one attached hydrogen (secondary N) is 2. The first-order chi connectivity index (χ1) is 12.5. The number of benzene rings is 2. The van der Waals surface area contributed by atoms with Gasteiger partial charge in [-0.2, -0.15) is 0 Å². The summed E-state index contributed by atoms with van der Waals surface area (Å²) in [5.41, 5.74) is 1.29. The molecule has 3 rings (SSSR count). The Morgan fingerprint density at radius 1 is 1.27 bits per heavy atom. The number of carbonyl (C=O) groups is 2. The number of nitrogens with zero attached hydrogens (tertiary/aromatic N) is 1. The molecular weight excluding hydrogens is 337 g/mol. The third-order valence-corrected chi connectivity index (χ3v) is 4.22. The number of hydrogen-bond acceptors (Lipinski definition) is 3. The Kier molecular flexibility index (Phi) is 5.36. The van der Waals surface area contributed by atoms with Crippen LogP contribution in [0.4, 0.5) is 20.6 Å². The molecule has 1 saturated heterocycles. The summed E-state index contributed by atoms with van der Waals surface area (Å²) in [6, 6.07) is 12.5. The molecule has 3 amide bonds. The molecule has 1 fully saturated rings. The molecule has 2 aromatic rings. The highest BCUT2D eigenvalue weighted by Gasteiger charge is 2.30. The zero-order chi connectivity index (χ0) is 18.5. The van der Waals surface area contributed by atoms with Gasteiger partial charge in [0.25, 0.3) is 0 Å². The average molecular weight is 357 g/mol. The maximum absolute atomic E-state index is 13.0. The molecule has 1 atom stereocenters. The highest BCUT2D eigenvalue weighted by atomic mass is 19.1. The lowest BCUT2D eigenvalue weighted by Gasteiger charge is -2.17. The van der Waals surface area contributed by atoms with Crippen LogP contribution in [0.25, 0.3) is 0 Å². The van der Waals surface area contributed by atoms with Gasteiger partial charge in [0.1, 0.15) is 11.6 Å². The molecule has 1 aliphatic rings. The molecule has 1 unspecified atom stereocenters. The van der Waals surface area contributed by atoms with Crippen LogP contribution >= 0.6 is 0 Å². The molecule has 0 aliphatic carbocycles. The number of carbonyl (C=O) groups excluding carboxylic acids is 2. The molecule has 1 aliphatic heterocycles. The summed E-state index contributed by atoms with van der Waals surface area (Å²) in [6.45, 7) is 0.864. The second-order valence-corrected chi connectivity index (χ2v) is 6.12. The van der Waals surface area contributed by atoms with E-state index in [1.165, 1.54) is 12.1 Å². The van der Waals surface area contributed by atoms with Crippen LogP contribution in [0.3, 0.4) is 0 Å². The van der Waals surface area contributed by atoms with Crippen molar-refractivity contribution in [2.75, 3.05) is 30.4 Å². The van der Waals surface area contributed by atoms with Gasteiger partial charge in [-0.05, 0) is 36.4 Å². The molecule has 0 aromatic heterocycles. The van der Waals surface area contributed by atoms with Crippen LogP contribution in [-0.2, 0) is 4.79 Å². The zero-order valence-electron chi connectivity index (χ0n) is 14.4. The fraction of sp³-hybridized carbons (Fsp3) is 0.263. The smallest absolute Gasteiger partial charge is 0.319 e. The Morgan fingerprint density at radius 3 is 2.77 bits per heavy atom. The normalized spacial score (nSPS) is 16.5. The topological polar surface area (TPSA) is 70.7 Å². The predicted octanol–water partition coefficient (Wildman–Crippen LogP) is 3.01. The molecule has 0 radical (unpaired) electrons. The van der Waals surface area contributed by atoms with Crippen molar-refractivity contribution in [1.82, 2.24) is 5.32 Å². The average Bonchev–Trinajstić information content (AvgIpc) is 3.01. The van der Waals surface area contributed by atoms with Crippen molar-refractivity contribution in [3.05, 3.63) is 54.3 Å². The van der Waals surface area contributed by atoms with Crippen LogP contribution < -0.4 is 20.3 Å². The molecule has 7 heteroatoms.